The molecule has 1 aromatic heterocycles. The molecule has 1 heterocycles. The molecule has 0 unspecified atom stereocenters. The largest absolute Gasteiger partial charge is 0.383 e. The number of para-hydroxylation sites is 1. The van der Waals surface area contributed by atoms with E-state index in [4.69, 9.17) is 4.74 Å². The van der Waals surface area contributed by atoms with E-state index in [0.29, 0.717) is 18.7 Å². The Hall–Kier alpha value is -2.32. The van der Waals surface area contributed by atoms with Crippen LogP contribution in [0.5, 0.6) is 0 Å². The lowest BCUT2D eigenvalue weighted by Gasteiger charge is -2.42. The summed E-state index contributed by atoms with van der Waals surface area (Å²) in [5.74, 6) is -0.0846. The first kappa shape index (κ1) is 15.6. The van der Waals surface area contributed by atoms with E-state index >= 15 is 0 Å². The van der Waals surface area contributed by atoms with Gasteiger partial charge in [0, 0.05) is 37.8 Å². The monoisotopic (exact) mass is 311 g/mol. The van der Waals surface area contributed by atoms with Crippen molar-refractivity contribution in [1.29, 1.82) is 5.26 Å². The fourth-order valence-corrected chi connectivity index (χ4v) is 3.20. The van der Waals surface area contributed by atoms with Crippen molar-refractivity contribution in [2.75, 3.05) is 20.8 Å². The molecule has 5 nitrogen and oxygen atoms in total. The van der Waals surface area contributed by atoms with Gasteiger partial charge >= 0.3 is 0 Å². The van der Waals surface area contributed by atoms with Crippen molar-refractivity contribution < 1.29 is 9.53 Å². The summed E-state index contributed by atoms with van der Waals surface area (Å²) in [6, 6.07) is 10.2. The fraction of sp³-hybridized carbons (Fsp3) is 0.444. The maximum absolute atomic E-state index is 13.0. The molecular weight excluding hydrogens is 290 g/mol. The molecule has 0 spiro atoms. The zero-order valence-electron chi connectivity index (χ0n) is 13.6. The Morgan fingerprint density at radius 3 is 2.78 bits per heavy atom. The SMILES string of the molecule is COCCn1cc(C(=O)N(C)C2(C#N)CCC2)c2ccccc21. The van der Waals surface area contributed by atoms with Crippen LogP contribution >= 0.6 is 0 Å². The molecule has 0 saturated heterocycles. The van der Waals surface area contributed by atoms with Crippen LogP contribution in [0.1, 0.15) is 29.6 Å². The molecule has 1 aliphatic rings. The number of nitriles is 1. The zero-order chi connectivity index (χ0) is 16.4. The van der Waals surface area contributed by atoms with Gasteiger partial charge in [-0.2, -0.15) is 5.26 Å². The summed E-state index contributed by atoms with van der Waals surface area (Å²) in [7, 11) is 3.41. The third-order valence-electron chi connectivity index (χ3n) is 4.89. The number of carbonyl (C=O) groups excluding carboxylic acids is 1. The molecule has 1 saturated carbocycles. The second kappa shape index (κ2) is 6.05. The number of aromatic nitrogens is 1. The molecule has 1 fully saturated rings. The number of amides is 1. The molecule has 1 aliphatic carbocycles. The third kappa shape index (κ3) is 2.49. The second-order valence-electron chi connectivity index (χ2n) is 6.11. The van der Waals surface area contributed by atoms with E-state index in [9.17, 15) is 10.1 Å². The Morgan fingerprint density at radius 2 is 2.17 bits per heavy atom. The molecule has 23 heavy (non-hydrogen) atoms. The Labute approximate surface area is 136 Å². The summed E-state index contributed by atoms with van der Waals surface area (Å²) < 4.78 is 7.19. The zero-order valence-corrected chi connectivity index (χ0v) is 13.6. The van der Waals surface area contributed by atoms with Gasteiger partial charge in [0.25, 0.3) is 5.91 Å². The standard InChI is InChI=1S/C18H21N3O2/c1-20(18(13-19)8-5-9-18)17(22)15-12-21(10-11-23-2)16-7-4-3-6-14(15)16/h3-4,6-7,12H,5,8-11H2,1-2H3. The van der Waals surface area contributed by atoms with Gasteiger partial charge in [0.1, 0.15) is 5.54 Å². The predicted octanol–water partition coefficient (Wildman–Crippen LogP) is 2.81. The summed E-state index contributed by atoms with van der Waals surface area (Å²) in [5.41, 5.74) is 1.04. The van der Waals surface area contributed by atoms with Crippen molar-refractivity contribution in [3.63, 3.8) is 0 Å². The molecule has 0 N–H and O–H groups in total. The van der Waals surface area contributed by atoms with E-state index in [-0.39, 0.29) is 5.91 Å². The lowest BCUT2D eigenvalue weighted by Crippen LogP contribution is -2.53. The Bertz CT molecular complexity index is 768. The van der Waals surface area contributed by atoms with Gasteiger partial charge < -0.3 is 14.2 Å². The Balaban J connectivity index is 1.99. The highest BCUT2D eigenvalue weighted by Crippen LogP contribution is 2.37. The van der Waals surface area contributed by atoms with Crippen LogP contribution in [0.2, 0.25) is 0 Å². The average molecular weight is 311 g/mol. The minimum atomic E-state index is -0.632. The Morgan fingerprint density at radius 1 is 1.43 bits per heavy atom. The van der Waals surface area contributed by atoms with Crippen LogP contribution in [-0.2, 0) is 11.3 Å². The molecule has 1 amide bonds. The highest BCUT2D eigenvalue weighted by atomic mass is 16.5. The van der Waals surface area contributed by atoms with Crippen molar-refractivity contribution >= 4 is 16.8 Å². The van der Waals surface area contributed by atoms with Crippen LogP contribution in [0.4, 0.5) is 0 Å². The first-order valence-electron chi connectivity index (χ1n) is 7.89. The third-order valence-corrected chi connectivity index (χ3v) is 4.89. The summed E-state index contributed by atoms with van der Waals surface area (Å²) in [6.45, 7) is 1.28. The lowest BCUT2D eigenvalue weighted by molar-refractivity contribution is 0.0499. The average Bonchev–Trinajstić information content (AvgIpc) is 2.90. The van der Waals surface area contributed by atoms with Gasteiger partial charge in [-0.15, -0.1) is 0 Å². The van der Waals surface area contributed by atoms with E-state index in [2.05, 4.69) is 6.07 Å². The molecule has 0 bridgehead atoms. The highest BCUT2D eigenvalue weighted by Gasteiger charge is 2.44. The molecule has 120 valence electrons. The molecule has 1 aromatic carbocycles. The van der Waals surface area contributed by atoms with Crippen molar-refractivity contribution in [3.8, 4) is 6.07 Å². The molecule has 0 radical (unpaired) electrons. The number of hydrogen-bond donors (Lipinski definition) is 0. The van der Waals surface area contributed by atoms with Gasteiger partial charge in [0.2, 0.25) is 0 Å². The highest BCUT2D eigenvalue weighted by molar-refractivity contribution is 6.07. The number of benzene rings is 1. The number of ether oxygens (including phenoxy) is 1. The minimum absolute atomic E-state index is 0.0846. The quantitative estimate of drug-likeness (QED) is 0.853. The topological polar surface area (TPSA) is 58.3 Å². The van der Waals surface area contributed by atoms with E-state index in [1.54, 1.807) is 19.1 Å². The summed E-state index contributed by atoms with van der Waals surface area (Å²) >= 11 is 0. The van der Waals surface area contributed by atoms with Gasteiger partial charge in [-0.1, -0.05) is 18.2 Å². The molecular formula is C18H21N3O2. The number of rotatable bonds is 5. The first-order valence-corrected chi connectivity index (χ1v) is 7.89. The van der Waals surface area contributed by atoms with Gasteiger partial charge in [0.15, 0.2) is 0 Å². The van der Waals surface area contributed by atoms with Crippen LogP contribution in [0.3, 0.4) is 0 Å². The van der Waals surface area contributed by atoms with Crippen LogP contribution < -0.4 is 0 Å². The van der Waals surface area contributed by atoms with Crippen LogP contribution in [0.15, 0.2) is 30.5 Å². The lowest BCUT2D eigenvalue weighted by atomic mass is 9.76. The number of hydrogen-bond acceptors (Lipinski definition) is 3. The smallest absolute Gasteiger partial charge is 0.257 e. The van der Waals surface area contributed by atoms with Crippen LogP contribution in [0, 0.1) is 11.3 Å². The maximum atomic E-state index is 13.0. The van der Waals surface area contributed by atoms with Crippen molar-refractivity contribution in [2.45, 2.75) is 31.3 Å². The fourth-order valence-electron chi connectivity index (χ4n) is 3.20. The van der Waals surface area contributed by atoms with E-state index in [0.717, 1.165) is 30.2 Å². The van der Waals surface area contributed by atoms with Gasteiger partial charge in [-0.05, 0) is 25.3 Å². The molecule has 5 heteroatoms. The van der Waals surface area contributed by atoms with Crippen LogP contribution in [-0.4, -0.2) is 41.7 Å². The summed E-state index contributed by atoms with van der Waals surface area (Å²) in [5, 5.41) is 10.4. The maximum Gasteiger partial charge on any atom is 0.257 e. The summed E-state index contributed by atoms with van der Waals surface area (Å²) in [4.78, 5) is 14.6. The molecule has 0 atom stereocenters. The van der Waals surface area contributed by atoms with E-state index in [1.165, 1.54) is 0 Å². The number of nitrogens with zero attached hydrogens (tertiary/aromatic N) is 3. The molecule has 0 aliphatic heterocycles. The molecule has 2 aromatic rings. The van der Waals surface area contributed by atoms with Crippen molar-refractivity contribution in [3.05, 3.63) is 36.0 Å². The van der Waals surface area contributed by atoms with Gasteiger partial charge in [-0.3, -0.25) is 4.79 Å². The second-order valence-corrected chi connectivity index (χ2v) is 6.11. The Kier molecular flexibility index (Phi) is 4.10. The summed E-state index contributed by atoms with van der Waals surface area (Å²) in [6.07, 6.45) is 4.40. The molecule has 3 rings (SSSR count). The number of fused-ring (bicyclic) bond motifs is 1. The predicted molar refractivity (Wildman–Crippen MR) is 88.1 cm³/mol. The number of methoxy groups -OCH3 is 1. The van der Waals surface area contributed by atoms with Gasteiger partial charge in [-0.25, -0.2) is 0 Å². The van der Waals surface area contributed by atoms with E-state index < -0.39 is 5.54 Å². The van der Waals surface area contributed by atoms with Crippen molar-refractivity contribution in [2.24, 2.45) is 0 Å². The van der Waals surface area contributed by atoms with Gasteiger partial charge in [0.05, 0.1) is 18.2 Å². The number of carbonyl (C=O) groups is 1. The van der Waals surface area contributed by atoms with Crippen LogP contribution in [0.25, 0.3) is 10.9 Å². The normalized spacial score (nSPS) is 15.9. The van der Waals surface area contributed by atoms with Crippen molar-refractivity contribution in [1.82, 2.24) is 9.47 Å². The minimum Gasteiger partial charge on any atom is -0.383 e. The van der Waals surface area contributed by atoms with E-state index in [1.807, 2.05) is 35.0 Å². The first-order chi connectivity index (χ1) is 11.1.